The van der Waals surface area contributed by atoms with Crippen LogP contribution in [0.15, 0.2) is 0 Å². The third-order valence-corrected chi connectivity index (χ3v) is 4.27. The zero-order chi connectivity index (χ0) is 11.5. The van der Waals surface area contributed by atoms with E-state index in [2.05, 4.69) is 39.9 Å². The zero-order valence-corrected chi connectivity index (χ0v) is 11.3. The Labute approximate surface area is 96.0 Å². The molecule has 0 aromatic carbocycles. The van der Waals surface area contributed by atoms with Crippen molar-refractivity contribution in [3.63, 3.8) is 0 Å². The first-order valence-corrected chi connectivity index (χ1v) is 6.68. The van der Waals surface area contributed by atoms with Gasteiger partial charge in [-0.25, -0.2) is 0 Å². The fourth-order valence-corrected chi connectivity index (χ4v) is 2.28. The summed E-state index contributed by atoms with van der Waals surface area (Å²) in [6, 6.07) is 0.776. The molecule has 0 aliphatic heterocycles. The first kappa shape index (κ1) is 13.0. The molecule has 0 aromatic rings. The van der Waals surface area contributed by atoms with Gasteiger partial charge in [0.15, 0.2) is 0 Å². The lowest BCUT2D eigenvalue weighted by Crippen LogP contribution is -2.42. The summed E-state index contributed by atoms with van der Waals surface area (Å²) >= 11 is 0. The number of rotatable bonds is 5. The van der Waals surface area contributed by atoms with Crippen molar-refractivity contribution in [3.05, 3.63) is 0 Å². The van der Waals surface area contributed by atoms with Gasteiger partial charge in [-0.2, -0.15) is 0 Å². The second-order valence-corrected chi connectivity index (χ2v) is 6.36. The highest BCUT2D eigenvalue weighted by molar-refractivity contribution is 4.85. The van der Waals surface area contributed by atoms with Gasteiger partial charge < -0.3 is 5.32 Å². The van der Waals surface area contributed by atoms with Crippen molar-refractivity contribution >= 4 is 0 Å². The smallest absolute Gasteiger partial charge is 0.00979 e. The maximum absolute atomic E-state index is 3.69. The Morgan fingerprint density at radius 2 is 1.87 bits per heavy atom. The highest BCUT2D eigenvalue weighted by Gasteiger charge is 2.30. The van der Waals surface area contributed by atoms with Gasteiger partial charge >= 0.3 is 0 Å². The summed E-state index contributed by atoms with van der Waals surface area (Å²) in [5.41, 5.74) is 0.456. The summed E-state index contributed by atoms with van der Waals surface area (Å²) in [6.07, 6.45) is 5.71. The predicted octanol–water partition coefficient (Wildman–Crippen LogP) is 3.84. The molecule has 2 atom stereocenters. The van der Waals surface area contributed by atoms with Crippen LogP contribution >= 0.6 is 0 Å². The van der Waals surface area contributed by atoms with Gasteiger partial charge in [0.05, 0.1) is 0 Å². The molecule has 0 bridgehead atoms. The molecule has 15 heavy (non-hydrogen) atoms. The van der Waals surface area contributed by atoms with Crippen molar-refractivity contribution in [2.24, 2.45) is 17.3 Å². The van der Waals surface area contributed by atoms with Gasteiger partial charge in [-0.05, 0) is 43.1 Å². The Bertz CT molecular complexity index is 176. The van der Waals surface area contributed by atoms with Crippen LogP contribution in [0.5, 0.6) is 0 Å². The molecule has 1 heteroatoms. The first-order valence-electron chi connectivity index (χ1n) is 6.68. The quantitative estimate of drug-likeness (QED) is 0.728. The minimum absolute atomic E-state index is 0.456. The zero-order valence-electron chi connectivity index (χ0n) is 11.3. The molecule has 1 aliphatic carbocycles. The van der Waals surface area contributed by atoms with Crippen molar-refractivity contribution < 1.29 is 0 Å². The Balaban J connectivity index is 2.42. The van der Waals surface area contributed by atoms with Gasteiger partial charge in [0, 0.05) is 6.04 Å². The fraction of sp³-hybridized carbons (Fsp3) is 1.00. The Hall–Kier alpha value is -0.0400. The molecule has 1 saturated carbocycles. The summed E-state index contributed by atoms with van der Waals surface area (Å²) in [5.74, 6) is 1.77. The molecule has 0 heterocycles. The van der Waals surface area contributed by atoms with Gasteiger partial charge in [0.25, 0.3) is 0 Å². The van der Waals surface area contributed by atoms with Crippen molar-refractivity contribution in [3.8, 4) is 0 Å². The fourth-order valence-electron chi connectivity index (χ4n) is 2.28. The standard InChI is InChI=1S/C14H29N/c1-6-15-13(12-8-7-9-12)10-11(2)14(3,4)5/h11-13,15H,6-10H2,1-5H3. The van der Waals surface area contributed by atoms with Crippen LogP contribution in [0.1, 0.15) is 60.3 Å². The van der Waals surface area contributed by atoms with Crippen molar-refractivity contribution in [1.82, 2.24) is 5.32 Å². The Morgan fingerprint density at radius 1 is 1.27 bits per heavy atom. The topological polar surface area (TPSA) is 12.0 Å². The molecule has 1 N–H and O–H groups in total. The molecule has 0 amide bonds. The molecular weight excluding hydrogens is 182 g/mol. The lowest BCUT2D eigenvalue weighted by molar-refractivity contribution is 0.159. The van der Waals surface area contributed by atoms with E-state index in [4.69, 9.17) is 0 Å². The predicted molar refractivity (Wildman–Crippen MR) is 68.0 cm³/mol. The van der Waals surface area contributed by atoms with Crippen LogP contribution in [-0.2, 0) is 0 Å². The molecule has 1 rings (SSSR count). The largest absolute Gasteiger partial charge is 0.314 e. The maximum atomic E-state index is 3.69. The molecule has 90 valence electrons. The van der Waals surface area contributed by atoms with Crippen molar-refractivity contribution in [2.45, 2.75) is 66.3 Å². The Morgan fingerprint density at radius 3 is 2.20 bits per heavy atom. The molecular formula is C14H29N. The monoisotopic (exact) mass is 211 g/mol. The third kappa shape index (κ3) is 3.79. The van der Waals surface area contributed by atoms with Crippen LogP contribution in [0, 0.1) is 17.3 Å². The van der Waals surface area contributed by atoms with Crippen LogP contribution in [0.25, 0.3) is 0 Å². The normalized spacial score (nSPS) is 22.2. The summed E-state index contributed by atoms with van der Waals surface area (Å²) in [7, 11) is 0. The molecule has 0 saturated heterocycles. The minimum Gasteiger partial charge on any atom is -0.314 e. The summed E-state index contributed by atoms with van der Waals surface area (Å²) in [5, 5.41) is 3.69. The van der Waals surface area contributed by atoms with E-state index in [1.54, 1.807) is 0 Å². The molecule has 0 radical (unpaired) electrons. The van der Waals surface area contributed by atoms with E-state index in [0.717, 1.165) is 24.4 Å². The van der Waals surface area contributed by atoms with Crippen LogP contribution in [0.2, 0.25) is 0 Å². The second-order valence-electron chi connectivity index (χ2n) is 6.36. The summed E-state index contributed by atoms with van der Waals surface area (Å²) in [6.45, 7) is 12.8. The van der Waals surface area contributed by atoms with Gasteiger partial charge in [-0.15, -0.1) is 0 Å². The summed E-state index contributed by atoms with van der Waals surface area (Å²) < 4.78 is 0. The molecule has 0 spiro atoms. The van der Waals surface area contributed by atoms with E-state index in [1.807, 2.05) is 0 Å². The van der Waals surface area contributed by atoms with Crippen LogP contribution in [-0.4, -0.2) is 12.6 Å². The molecule has 1 aliphatic rings. The van der Waals surface area contributed by atoms with E-state index >= 15 is 0 Å². The van der Waals surface area contributed by atoms with E-state index in [1.165, 1.54) is 25.7 Å². The molecule has 1 fully saturated rings. The van der Waals surface area contributed by atoms with Crippen molar-refractivity contribution in [2.75, 3.05) is 6.54 Å². The van der Waals surface area contributed by atoms with Crippen molar-refractivity contribution in [1.29, 1.82) is 0 Å². The molecule has 1 nitrogen and oxygen atoms in total. The minimum atomic E-state index is 0.456. The number of nitrogens with one attached hydrogen (secondary N) is 1. The van der Waals surface area contributed by atoms with Gasteiger partial charge in [-0.1, -0.05) is 41.0 Å². The highest BCUT2D eigenvalue weighted by Crippen LogP contribution is 2.36. The average molecular weight is 211 g/mol. The number of hydrogen-bond acceptors (Lipinski definition) is 1. The first-order chi connectivity index (χ1) is 6.95. The van der Waals surface area contributed by atoms with E-state index < -0.39 is 0 Å². The average Bonchev–Trinajstić information content (AvgIpc) is 1.99. The second kappa shape index (κ2) is 5.34. The van der Waals surface area contributed by atoms with Gasteiger partial charge in [0.1, 0.15) is 0 Å². The summed E-state index contributed by atoms with van der Waals surface area (Å²) in [4.78, 5) is 0. The third-order valence-electron chi connectivity index (χ3n) is 4.27. The van der Waals surface area contributed by atoms with Crippen LogP contribution < -0.4 is 5.32 Å². The molecule has 0 aromatic heterocycles. The van der Waals surface area contributed by atoms with Gasteiger partial charge in [0.2, 0.25) is 0 Å². The SMILES string of the molecule is CCNC(CC(C)C(C)(C)C)C1CCC1. The highest BCUT2D eigenvalue weighted by atomic mass is 14.9. The lowest BCUT2D eigenvalue weighted by Gasteiger charge is -2.38. The van der Waals surface area contributed by atoms with Crippen LogP contribution in [0.3, 0.4) is 0 Å². The van der Waals surface area contributed by atoms with Gasteiger partial charge in [-0.3, -0.25) is 0 Å². The van der Waals surface area contributed by atoms with E-state index in [0.29, 0.717) is 5.41 Å². The number of hydrogen-bond donors (Lipinski definition) is 1. The molecule has 2 unspecified atom stereocenters. The van der Waals surface area contributed by atoms with E-state index in [9.17, 15) is 0 Å². The lowest BCUT2D eigenvalue weighted by atomic mass is 9.72. The maximum Gasteiger partial charge on any atom is 0.00979 e. The van der Waals surface area contributed by atoms with E-state index in [-0.39, 0.29) is 0 Å². The Kier molecular flexibility index (Phi) is 4.64. The van der Waals surface area contributed by atoms with Crippen LogP contribution in [0.4, 0.5) is 0 Å².